The first kappa shape index (κ1) is 12.6. The van der Waals surface area contributed by atoms with Gasteiger partial charge in [-0.3, -0.25) is 0 Å². The minimum atomic E-state index is -0.0691. The highest BCUT2D eigenvalue weighted by Crippen LogP contribution is 2.32. The lowest BCUT2D eigenvalue weighted by Gasteiger charge is -2.37. The molecular weight excluding hydrogens is 250 g/mol. The largest absolute Gasteiger partial charge is 0.394 e. The molecule has 1 unspecified atom stereocenters. The molecule has 4 nitrogen and oxygen atoms in total. The van der Waals surface area contributed by atoms with Gasteiger partial charge in [0.2, 0.25) is 0 Å². The molecule has 0 bridgehead atoms. The molecule has 100 valence electrons. The van der Waals surface area contributed by atoms with Crippen molar-refractivity contribution < 1.29 is 5.11 Å². The summed E-state index contributed by atoms with van der Waals surface area (Å²) in [6.07, 6.45) is 2.51. The molecule has 4 heteroatoms. The lowest BCUT2D eigenvalue weighted by atomic mass is 9.93. The van der Waals surface area contributed by atoms with Gasteiger partial charge in [-0.25, -0.2) is 4.98 Å². The topological polar surface area (TPSA) is 60.2 Å². The van der Waals surface area contributed by atoms with Crippen molar-refractivity contribution in [2.45, 2.75) is 12.5 Å². The Kier molecular flexibility index (Phi) is 3.36. The van der Waals surface area contributed by atoms with Crippen LogP contribution < -0.4 is 4.90 Å². The number of nitriles is 1. The number of aliphatic hydroxyl groups excluding tert-OH is 1. The number of pyridine rings is 1. The molecule has 0 saturated heterocycles. The number of hydrogen-bond donors (Lipinski definition) is 1. The van der Waals surface area contributed by atoms with Gasteiger partial charge in [0.1, 0.15) is 11.9 Å². The number of aliphatic hydroxyl groups is 1. The fourth-order valence-corrected chi connectivity index (χ4v) is 2.74. The Morgan fingerprint density at radius 2 is 2.15 bits per heavy atom. The lowest BCUT2D eigenvalue weighted by molar-refractivity contribution is 0.256. The number of aromatic nitrogens is 1. The van der Waals surface area contributed by atoms with Crippen LogP contribution >= 0.6 is 0 Å². The average molecular weight is 265 g/mol. The first-order valence-electron chi connectivity index (χ1n) is 6.65. The van der Waals surface area contributed by atoms with Gasteiger partial charge in [0.05, 0.1) is 18.2 Å². The maximum Gasteiger partial charge on any atom is 0.129 e. The first-order valence-corrected chi connectivity index (χ1v) is 6.65. The molecule has 0 saturated carbocycles. The molecule has 20 heavy (non-hydrogen) atoms. The van der Waals surface area contributed by atoms with Crippen molar-refractivity contribution in [2.75, 3.05) is 18.1 Å². The second kappa shape index (κ2) is 5.32. The maximum atomic E-state index is 9.75. The van der Waals surface area contributed by atoms with E-state index in [1.54, 1.807) is 12.3 Å². The van der Waals surface area contributed by atoms with Gasteiger partial charge in [-0.1, -0.05) is 24.3 Å². The lowest BCUT2D eigenvalue weighted by Crippen LogP contribution is -2.37. The smallest absolute Gasteiger partial charge is 0.129 e. The van der Waals surface area contributed by atoms with E-state index >= 15 is 0 Å². The zero-order valence-electron chi connectivity index (χ0n) is 11.0. The van der Waals surface area contributed by atoms with E-state index < -0.39 is 0 Å². The summed E-state index contributed by atoms with van der Waals surface area (Å²) in [6, 6.07) is 13.8. The van der Waals surface area contributed by atoms with Crippen molar-refractivity contribution in [3.8, 4) is 6.07 Å². The monoisotopic (exact) mass is 265 g/mol. The van der Waals surface area contributed by atoms with Crippen molar-refractivity contribution in [1.82, 2.24) is 4.98 Å². The predicted molar refractivity (Wildman–Crippen MR) is 76.3 cm³/mol. The summed E-state index contributed by atoms with van der Waals surface area (Å²) in [5.41, 5.74) is 3.00. The van der Waals surface area contributed by atoms with Crippen molar-refractivity contribution in [2.24, 2.45) is 0 Å². The van der Waals surface area contributed by atoms with Crippen LogP contribution in [0.4, 0.5) is 5.82 Å². The number of benzene rings is 1. The molecule has 1 N–H and O–H groups in total. The molecule has 1 aliphatic heterocycles. The minimum absolute atomic E-state index is 0.0543. The molecule has 0 radical (unpaired) electrons. The fourth-order valence-electron chi connectivity index (χ4n) is 2.74. The molecule has 0 amide bonds. The van der Waals surface area contributed by atoms with Crippen molar-refractivity contribution in [1.29, 1.82) is 5.26 Å². The van der Waals surface area contributed by atoms with Crippen LogP contribution in [0.25, 0.3) is 0 Å². The number of fused-ring (bicyclic) bond motifs is 1. The third-order valence-corrected chi connectivity index (χ3v) is 3.76. The molecular formula is C16H15N3O. The van der Waals surface area contributed by atoms with Crippen molar-refractivity contribution in [3.05, 3.63) is 59.3 Å². The van der Waals surface area contributed by atoms with Crippen LogP contribution in [0.2, 0.25) is 0 Å². The Labute approximate surface area is 117 Å². The van der Waals surface area contributed by atoms with Gasteiger partial charge in [0.15, 0.2) is 0 Å². The number of rotatable bonds is 2. The molecule has 3 rings (SSSR count). The van der Waals surface area contributed by atoms with Crippen LogP contribution in [0.5, 0.6) is 0 Å². The average Bonchev–Trinajstić information content (AvgIpc) is 2.54. The summed E-state index contributed by atoms with van der Waals surface area (Å²) in [6.45, 7) is 0.875. The Bertz CT molecular complexity index is 646. The fraction of sp³-hybridized carbons (Fsp3) is 0.250. The van der Waals surface area contributed by atoms with Crippen LogP contribution in [-0.4, -0.2) is 23.2 Å². The Morgan fingerprint density at radius 1 is 1.30 bits per heavy atom. The van der Waals surface area contributed by atoms with Gasteiger partial charge in [-0.05, 0) is 29.7 Å². The van der Waals surface area contributed by atoms with Gasteiger partial charge < -0.3 is 10.0 Å². The van der Waals surface area contributed by atoms with Crippen LogP contribution in [0.15, 0.2) is 42.6 Å². The number of nitrogens with zero attached hydrogens (tertiary/aromatic N) is 3. The normalized spacial score (nSPS) is 17.4. The van der Waals surface area contributed by atoms with E-state index in [9.17, 15) is 5.11 Å². The number of anilines is 1. The van der Waals surface area contributed by atoms with Gasteiger partial charge in [-0.15, -0.1) is 0 Å². The van der Waals surface area contributed by atoms with Crippen LogP contribution in [0.3, 0.4) is 0 Å². The second-order valence-corrected chi connectivity index (χ2v) is 4.86. The van der Waals surface area contributed by atoms with Crippen molar-refractivity contribution >= 4 is 5.82 Å². The Morgan fingerprint density at radius 3 is 2.85 bits per heavy atom. The molecule has 0 spiro atoms. The Hall–Kier alpha value is -2.38. The third kappa shape index (κ3) is 2.13. The van der Waals surface area contributed by atoms with Gasteiger partial charge in [0, 0.05) is 12.7 Å². The third-order valence-electron chi connectivity index (χ3n) is 3.76. The molecule has 1 aromatic heterocycles. The van der Waals surface area contributed by atoms with Gasteiger partial charge in [-0.2, -0.15) is 5.26 Å². The summed E-state index contributed by atoms with van der Waals surface area (Å²) in [4.78, 5) is 6.44. The van der Waals surface area contributed by atoms with Crippen LogP contribution in [0, 0.1) is 11.3 Å². The summed E-state index contributed by atoms with van der Waals surface area (Å²) in [7, 11) is 0. The van der Waals surface area contributed by atoms with E-state index in [2.05, 4.69) is 28.1 Å². The molecule has 2 heterocycles. The van der Waals surface area contributed by atoms with Crippen LogP contribution in [0.1, 0.15) is 22.7 Å². The van der Waals surface area contributed by atoms with Crippen molar-refractivity contribution in [3.63, 3.8) is 0 Å². The SMILES string of the molecule is N#Cc1ccc(N2CCc3ccccc3C2CO)nc1. The van der Waals surface area contributed by atoms with E-state index in [0.29, 0.717) is 5.56 Å². The summed E-state index contributed by atoms with van der Waals surface area (Å²) >= 11 is 0. The zero-order valence-corrected chi connectivity index (χ0v) is 11.0. The highest BCUT2D eigenvalue weighted by molar-refractivity contribution is 5.48. The van der Waals surface area contributed by atoms with Gasteiger partial charge >= 0.3 is 0 Å². The zero-order chi connectivity index (χ0) is 13.9. The standard InChI is InChI=1S/C16H15N3O/c17-9-12-5-6-16(18-10-12)19-8-7-13-3-1-2-4-14(13)15(19)11-20/h1-6,10,15,20H,7-8,11H2. The summed E-state index contributed by atoms with van der Waals surface area (Å²) in [5, 5.41) is 18.6. The Balaban J connectivity index is 1.96. The van der Waals surface area contributed by atoms with E-state index in [4.69, 9.17) is 5.26 Å². The van der Waals surface area contributed by atoms with E-state index in [1.807, 2.05) is 18.2 Å². The van der Waals surface area contributed by atoms with E-state index in [0.717, 1.165) is 24.3 Å². The quantitative estimate of drug-likeness (QED) is 0.902. The maximum absolute atomic E-state index is 9.75. The van der Waals surface area contributed by atoms with E-state index in [-0.39, 0.29) is 12.6 Å². The highest BCUT2D eigenvalue weighted by Gasteiger charge is 2.27. The summed E-state index contributed by atoms with van der Waals surface area (Å²) < 4.78 is 0. The number of hydrogen-bond acceptors (Lipinski definition) is 4. The predicted octanol–water partition coefficient (Wildman–Crippen LogP) is 2.05. The van der Waals surface area contributed by atoms with E-state index in [1.165, 1.54) is 5.56 Å². The molecule has 1 aliphatic rings. The second-order valence-electron chi connectivity index (χ2n) is 4.86. The first-order chi connectivity index (χ1) is 9.83. The highest BCUT2D eigenvalue weighted by atomic mass is 16.3. The molecule has 1 atom stereocenters. The molecule has 2 aromatic rings. The van der Waals surface area contributed by atoms with Crippen LogP contribution in [-0.2, 0) is 6.42 Å². The van der Waals surface area contributed by atoms with Gasteiger partial charge in [0.25, 0.3) is 0 Å². The summed E-state index contributed by atoms with van der Waals surface area (Å²) in [5.74, 6) is 0.803. The molecule has 0 fully saturated rings. The molecule has 0 aliphatic carbocycles. The minimum Gasteiger partial charge on any atom is -0.394 e. The molecule has 1 aromatic carbocycles.